The number of benzene rings is 1. The SMILES string of the molecule is CCC(C)c1ccc(C2CCC(C)CC2)cc1. The highest BCUT2D eigenvalue weighted by molar-refractivity contribution is 5.27. The second-order valence-corrected chi connectivity index (χ2v) is 5.93. The first-order valence-corrected chi connectivity index (χ1v) is 7.30. The first-order valence-electron chi connectivity index (χ1n) is 7.30. The predicted octanol–water partition coefficient (Wildman–Crippen LogP) is 5.49. The molecule has 0 nitrogen and oxygen atoms in total. The maximum atomic E-state index is 2.39. The fourth-order valence-corrected chi connectivity index (χ4v) is 2.93. The van der Waals surface area contributed by atoms with Gasteiger partial charge in [-0.3, -0.25) is 0 Å². The Labute approximate surface area is 106 Å². The van der Waals surface area contributed by atoms with Crippen molar-refractivity contribution in [2.45, 2.75) is 64.7 Å². The summed E-state index contributed by atoms with van der Waals surface area (Å²) in [7, 11) is 0. The molecule has 0 N–H and O–H groups in total. The molecule has 1 fully saturated rings. The van der Waals surface area contributed by atoms with Crippen molar-refractivity contribution in [3.63, 3.8) is 0 Å². The Bertz CT molecular complexity index is 328. The lowest BCUT2D eigenvalue weighted by atomic mass is 9.79. The topological polar surface area (TPSA) is 0 Å². The summed E-state index contributed by atoms with van der Waals surface area (Å²) in [5.74, 6) is 2.48. The van der Waals surface area contributed by atoms with Crippen molar-refractivity contribution in [3.05, 3.63) is 35.4 Å². The molecule has 1 saturated carbocycles. The zero-order valence-corrected chi connectivity index (χ0v) is 11.6. The first-order chi connectivity index (χ1) is 8.20. The maximum absolute atomic E-state index is 2.39. The van der Waals surface area contributed by atoms with Crippen molar-refractivity contribution in [3.8, 4) is 0 Å². The lowest BCUT2D eigenvalue weighted by Crippen LogP contribution is -2.10. The molecule has 0 amide bonds. The van der Waals surface area contributed by atoms with Gasteiger partial charge < -0.3 is 0 Å². The van der Waals surface area contributed by atoms with Crippen LogP contribution in [0.15, 0.2) is 24.3 Å². The van der Waals surface area contributed by atoms with E-state index in [1.165, 1.54) is 37.7 Å². The Morgan fingerprint density at radius 2 is 1.65 bits per heavy atom. The molecule has 0 aliphatic heterocycles. The van der Waals surface area contributed by atoms with Crippen LogP contribution in [-0.2, 0) is 0 Å². The van der Waals surface area contributed by atoms with E-state index in [9.17, 15) is 0 Å². The quantitative estimate of drug-likeness (QED) is 0.643. The molecule has 1 aliphatic carbocycles. The van der Waals surface area contributed by atoms with Gasteiger partial charge in [-0.1, -0.05) is 57.9 Å². The van der Waals surface area contributed by atoms with E-state index in [0.29, 0.717) is 5.92 Å². The van der Waals surface area contributed by atoms with Crippen molar-refractivity contribution in [2.75, 3.05) is 0 Å². The van der Waals surface area contributed by atoms with Gasteiger partial charge in [0.25, 0.3) is 0 Å². The molecule has 0 heterocycles. The summed E-state index contributed by atoms with van der Waals surface area (Å²) in [5.41, 5.74) is 3.07. The van der Waals surface area contributed by atoms with Crippen LogP contribution in [0.4, 0.5) is 0 Å². The van der Waals surface area contributed by atoms with Gasteiger partial charge in [0.15, 0.2) is 0 Å². The third kappa shape index (κ3) is 3.12. The molecule has 0 aromatic heterocycles. The fourth-order valence-electron chi connectivity index (χ4n) is 2.93. The van der Waals surface area contributed by atoms with Gasteiger partial charge >= 0.3 is 0 Å². The summed E-state index contributed by atoms with van der Waals surface area (Å²) in [6, 6.07) is 9.45. The molecule has 17 heavy (non-hydrogen) atoms. The van der Waals surface area contributed by atoms with E-state index in [-0.39, 0.29) is 0 Å². The minimum Gasteiger partial charge on any atom is -0.0648 e. The fraction of sp³-hybridized carbons (Fsp3) is 0.647. The molecule has 0 radical (unpaired) electrons. The smallest absolute Gasteiger partial charge is 0.0162 e. The minimum atomic E-state index is 0.704. The average molecular weight is 230 g/mol. The van der Waals surface area contributed by atoms with Crippen LogP contribution >= 0.6 is 0 Å². The summed E-state index contributed by atoms with van der Waals surface area (Å²) in [4.78, 5) is 0. The van der Waals surface area contributed by atoms with Crippen LogP contribution in [0.5, 0.6) is 0 Å². The zero-order valence-electron chi connectivity index (χ0n) is 11.6. The lowest BCUT2D eigenvalue weighted by Gasteiger charge is -2.26. The van der Waals surface area contributed by atoms with Crippen molar-refractivity contribution < 1.29 is 0 Å². The normalized spacial score (nSPS) is 26.8. The van der Waals surface area contributed by atoms with Gasteiger partial charge in [-0.2, -0.15) is 0 Å². The molecule has 1 aromatic carbocycles. The van der Waals surface area contributed by atoms with Crippen LogP contribution in [0.3, 0.4) is 0 Å². The number of hydrogen-bond donors (Lipinski definition) is 0. The second-order valence-electron chi connectivity index (χ2n) is 5.93. The molecule has 0 spiro atoms. The van der Waals surface area contributed by atoms with Crippen LogP contribution < -0.4 is 0 Å². The average Bonchev–Trinajstić information content (AvgIpc) is 2.39. The van der Waals surface area contributed by atoms with Gasteiger partial charge in [-0.15, -0.1) is 0 Å². The molecule has 94 valence electrons. The Morgan fingerprint density at radius 1 is 1.06 bits per heavy atom. The van der Waals surface area contributed by atoms with Crippen LogP contribution in [0.1, 0.15) is 75.8 Å². The standard InChI is InChI=1S/C17H26/c1-4-14(3)15-9-11-17(12-10-15)16-7-5-13(2)6-8-16/h9-14,16H,4-8H2,1-3H3. The zero-order chi connectivity index (χ0) is 12.3. The highest BCUT2D eigenvalue weighted by Gasteiger charge is 2.19. The van der Waals surface area contributed by atoms with Crippen molar-refractivity contribution in [2.24, 2.45) is 5.92 Å². The van der Waals surface area contributed by atoms with E-state index >= 15 is 0 Å². The van der Waals surface area contributed by atoms with Crippen LogP contribution in [0.25, 0.3) is 0 Å². The van der Waals surface area contributed by atoms with Crippen LogP contribution in [0, 0.1) is 5.92 Å². The summed E-state index contributed by atoms with van der Waals surface area (Å²) < 4.78 is 0. The Hall–Kier alpha value is -0.780. The molecule has 0 bridgehead atoms. The van der Waals surface area contributed by atoms with Gasteiger partial charge in [-0.25, -0.2) is 0 Å². The van der Waals surface area contributed by atoms with E-state index in [4.69, 9.17) is 0 Å². The predicted molar refractivity (Wildman–Crippen MR) is 75.5 cm³/mol. The van der Waals surface area contributed by atoms with Gasteiger partial charge in [0.05, 0.1) is 0 Å². The molecule has 1 aromatic rings. The Morgan fingerprint density at radius 3 is 2.18 bits per heavy atom. The Kier molecular flexibility index (Phi) is 4.25. The second kappa shape index (κ2) is 5.71. The highest BCUT2D eigenvalue weighted by atomic mass is 14.2. The molecule has 1 atom stereocenters. The summed E-state index contributed by atoms with van der Waals surface area (Å²) in [5, 5.41) is 0. The summed E-state index contributed by atoms with van der Waals surface area (Å²) in [6.45, 7) is 6.97. The van der Waals surface area contributed by atoms with E-state index in [0.717, 1.165) is 11.8 Å². The molecular formula is C17H26. The van der Waals surface area contributed by atoms with Gasteiger partial charge in [-0.05, 0) is 48.1 Å². The number of hydrogen-bond acceptors (Lipinski definition) is 0. The molecule has 1 aliphatic rings. The van der Waals surface area contributed by atoms with E-state index < -0.39 is 0 Å². The van der Waals surface area contributed by atoms with E-state index in [1.807, 2.05) is 0 Å². The van der Waals surface area contributed by atoms with Gasteiger partial charge in [0.2, 0.25) is 0 Å². The first kappa shape index (κ1) is 12.7. The third-order valence-corrected chi connectivity index (χ3v) is 4.61. The largest absolute Gasteiger partial charge is 0.0648 e. The molecule has 0 saturated heterocycles. The van der Waals surface area contributed by atoms with Crippen molar-refractivity contribution in [1.82, 2.24) is 0 Å². The monoisotopic (exact) mass is 230 g/mol. The lowest BCUT2D eigenvalue weighted by molar-refractivity contribution is 0.348. The van der Waals surface area contributed by atoms with E-state index in [2.05, 4.69) is 45.0 Å². The highest BCUT2D eigenvalue weighted by Crippen LogP contribution is 2.35. The molecule has 0 heteroatoms. The minimum absolute atomic E-state index is 0.704. The van der Waals surface area contributed by atoms with Crippen LogP contribution in [0.2, 0.25) is 0 Å². The van der Waals surface area contributed by atoms with Crippen molar-refractivity contribution in [1.29, 1.82) is 0 Å². The third-order valence-electron chi connectivity index (χ3n) is 4.61. The van der Waals surface area contributed by atoms with Gasteiger partial charge in [0.1, 0.15) is 0 Å². The summed E-state index contributed by atoms with van der Waals surface area (Å²) in [6.07, 6.45) is 6.85. The van der Waals surface area contributed by atoms with Crippen molar-refractivity contribution >= 4 is 0 Å². The van der Waals surface area contributed by atoms with Gasteiger partial charge in [0, 0.05) is 0 Å². The Balaban J connectivity index is 2.02. The van der Waals surface area contributed by atoms with E-state index in [1.54, 1.807) is 5.56 Å². The molecular weight excluding hydrogens is 204 g/mol. The maximum Gasteiger partial charge on any atom is -0.0162 e. The summed E-state index contributed by atoms with van der Waals surface area (Å²) >= 11 is 0. The van der Waals surface area contributed by atoms with Crippen LogP contribution in [-0.4, -0.2) is 0 Å². The molecule has 2 rings (SSSR count). The number of rotatable bonds is 3. The molecule has 1 unspecified atom stereocenters.